The summed E-state index contributed by atoms with van der Waals surface area (Å²) in [5.41, 5.74) is 0.901. The monoisotopic (exact) mass is 432 g/mol. The number of benzene rings is 1. The molecule has 6 nitrogen and oxygen atoms in total. The molecule has 6 heteroatoms. The molecule has 0 aliphatic heterocycles. The molecule has 0 N–H and O–H groups in total. The molecule has 0 bridgehead atoms. The fourth-order valence-electron chi connectivity index (χ4n) is 3.92. The van der Waals surface area contributed by atoms with E-state index in [-0.39, 0.29) is 12.6 Å². The van der Waals surface area contributed by atoms with E-state index in [1.54, 1.807) is 0 Å². The Morgan fingerprint density at radius 2 is 1.58 bits per heavy atom. The normalized spacial score (nSPS) is 19.3. The molecule has 1 aromatic carbocycles. The highest BCUT2D eigenvalue weighted by molar-refractivity contribution is 5.83. The van der Waals surface area contributed by atoms with Gasteiger partial charge in [0.25, 0.3) is 0 Å². The first kappa shape index (κ1) is 24.9. The minimum absolute atomic E-state index is 0.181. The zero-order valence-electron chi connectivity index (χ0n) is 18.8. The fourth-order valence-corrected chi connectivity index (χ4v) is 3.92. The minimum atomic E-state index is -0.572. The van der Waals surface area contributed by atoms with Gasteiger partial charge >= 0.3 is 17.9 Å². The Bertz CT molecular complexity index is 687. The maximum atomic E-state index is 12.6. The van der Waals surface area contributed by atoms with Crippen LogP contribution in [0.5, 0.6) is 0 Å². The van der Waals surface area contributed by atoms with Crippen LogP contribution in [0.1, 0.15) is 70.8 Å². The number of carbonyl (C=O) groups is 3. The smallest absolute Gasteiger partial charge is 0.344 e. The summed E-state index contributed by atoms with van der Waals surface area (Å²) in [5.74, 6) is -2.20. The molecule has 0 radical (unpaired) electrons. The quantitative estimate of drug-likeness (QED) is 0.347. The van der Waals surface area contributed by atoms with Crippen LogP contribution < -0.4 is 0 Å². The molecule has 1 fully saturated rings. The van der Waals surface area contributed by atoms with Crippen LogP contribution in [0, 0.1) is 17.8 Å². The molecule has 31 heavy (non-hydrogen) atoms. The van der Waals surface area contributed by atoms with E-state index in [2.05, 4.69) is 13.8 Å². The Balaban J connectivity index is 1.78. The molecule has 0 amide bonds. The molecule has 1 saturated carbocycles. The maximum absolute atomic E-state index is 12.6. The zero-order valence-corrected chi connectivity index (χ0v) is 18.8. The van der Waals surface area contributed by atoms with Crippen LogP contribution in [0.25, 0.3) is 0 Å². The predicted molar refractivity (Wildman–Crippen MR) is 117 cm³/mol. The number of hydrogen-bond donors (Lipinski definition) is 0. The van der Waals surface area contributed by atoms with Gasteiger partial charge in [0.1, 0.15) is 6.61 Å². The average molecular weight is 433 g/mol. The van der Waals surface area contributed by atoms with Crippen molar-refractivity contribution in [2.24, 2.45) is 17.8 Å². The Morgan fingerprint density at radius 3 is 2.19 bits per heavy atom. The molecular formula is C25H36O6. The van der Waals surface area contributed by atoms with Crippen LogP contribution in [-0.2, 0) is 35.2 Å². The highest BCUT2D eigenvalue weighted by atomic mass is 16.6. The summed E-state index contributed by atoms with van der Waals surface area (Å²) in [5, 5.41) is 0. The number of hydrogen-bond acceptors (Lipinski definition) is 6. The van der Waals surface area contributed by atoms with Gasteiger partial charge in [0.05, 0.1) is 18.4 Å². The first-order valence-electron chi connectivity index (χ1n) is 11.6. The number of carbonyl (C=O) groups excluding carboxylic acids is 3. The van der Waals surface area contributed by atoms with Gasteiger partial charge in [0.2, 0.25) is 0 Å². The summed E-state index contributed by atoms with van der Waals surface area (Å²) >= 11 is 0. The Kier molecular flexibility index (Phi) is 11.1. The lowest BCUT2D eigenvalue weighted by atomic mass is 9.79. The zero-order chi connectivity index (χ0) is 22.5. The molecule has 1 aliphatic rings. The van der Waals surface area contributed by atoms with Crippen LogP contribution in [0.4, 0.5) is 0 Å². The molecule has 0 heterocycles. The molecule has 1 aliphatic carbocycles. The van der Waals surface area contributed by atoms with E-state index >= 15 is 0 Å². The van der Waals surface area contributed by atoms with Gasteiger partial charge in [0.15, 0.2) is 6.61 Å². The minimum Gasteiger partial charge on any atom is -0.463 e. The molecule has 1 aromatic rings. The van der Waals surface area contributed by atoms with Crippen molar-refractivity contribution < 1.29 is 28.6 Å². The summed E-state index contributed by atoms with van der Waals surface area (Å²) in [6.07, 6.45) is 7.06. The summed E-state index contributed by atoms with van der Waals surface area (Å²) in [4.78, 5) is 37.2. The Hall–Kier alpha value is -2.37. The third-order valence-electron chi connectivity index (χ3n) is 5.95. The van der Waals surface area contributed by atoms with E-state index in [0.717, 1.165) is 44.1 Å². The van der Waals surface area contributed by atoms with E-state index in [4.69, 9.17) is 14.2 Å². The molecule has 0 saturated heterocycles. The fraction of sp³-hybridized carbons (Fsp3) is 0.640. The second-order valence-electron chi connectivity index (χ2n) is 8.30. The van der Waals surface area contributed by atoms with Gasteiger partial charge in [0, 0.05) is 0 Å². The summed E-state index contributed by atoms with van der Waals surface area (Å²) < 4.78 is 15.9. The van der Waals surface area contributed by atoms with E-state index in [1.165, 1.54) is 0 Å². The van der Waals surface area contributed by atoms with Crippen molar-refractivity contribution in [3.63, 3.8) is 0 Å². The lowest BCUT2D eigenvalue weighted by molar-refractivity contribution is -0.168. The first-order valence-corrected chi connectivity index (χ1v) is 11.6. The number of unbranched alkanes of at least 4 members (excludes halogenated alkanes) is 1. The lowest BCUT2D eigenvalue weighted by Crippen LogP contribution is -2.35. The van der Waals surface area contributed by atoms with Crippen molar-refractivity contribution in [3.05, 3.63) is 35.9 Å². The van der Waals surface area contributed by atoms with Gasteiger partial charge in [-0.25, -0.2) is 4.79 Å². The van der Waals surface area contributed by atoms with Crippen LogP contribution in [0.2, 0.25) is 0 Å². The second kappa shape index (κ2) is 13.8. The van der Waals surface area contributed by atoms with E-state index < -0.39 is 30.4 Å². The topological polar surface area (TPSA) is 78.9 Å². The van der Waals surface area contributed by atoms with Gasteiger partial charge < -0.3 is 14.2 Å². The van der Waals surface area contributed by atoms with Crippen molar-refractivity contribution in [2.45, 2.75) is 71.8 Å². The third kappa shape index (κ3) is 8.72. The molecule has 172 valence electrons. The Labute approximate surface area is 185 Å². The van der Waals surface area contributed by atoms with Crippen LogP contribution in [0.3, 0.4) is 0 Å². The molecule has 2 rings (SSSR count). The molecule has 0 spiro atoms. The molecule has 3 atom stereocenters. The largest absolute Gasteiger partial charge is 0.463 e. The van der Waals surface area contributed by atoms with Crippen LogP contribution in [-0.4, -0.2) is 31.1 Å². The van der Waals surface area contributed by atoms with Gasteiger partial charge in [-0.1, -0.05) is 76.3 Å². The van der Waals surface area contributed by atoms with Gasteiger partial charge in [-0.3, -0.25) is 9.59 Å². The van der Waals surface area contributed by atoms with Crippen LogP contribution in [0.15, 0.2) is 30.3 Å². The van der Waals surface area contributed by atoms with Gasteiger partial charge in [-0.2, -0.15) is 0 Å². The number of rotatable bonds is 12. The standard InChI is InChI=1S/C25H36O6/c1-3-5-11-19(4-2)16-29-23(26)18-31-25(28)22-15-10-9-14-21(22)24(27)30-17-20-12-7-6-8-13-20/h6-8,12-13,19,21-22H,3-5,9-11,14-18H2,1-2H3/t19?,21-,22+/m0/s1. The van der Waals surface area contributed by atoms with E-state index in [0.29, 0.717) is 25.4 Å². The summed E-state index contributed by atoms with van der Waals surface area (Å²) in [6, 6.07) is 9.44. The average Bonchev–Trinajstić information content (AvgIpc) is 2.81. The van der Waals surface area contributed by atoms with Crippen molar-refractivity contribution in [2.75, 3.05) is 13.2 Å². The Morgan fingerprint density at radius 1 is 0.935 bits per heavy atom. The highest BCUT2D eigenvalue weighted by Crippen LogP contribution is 2.32. The van der Waals surface area contributed by atoms with Crippen molar-refractivity contribution in [1.82, 2.24) is 0 Å². The van der Waals surface area contributed by atoms with Gasteiger partial charge in [-0.15, -0.1) is 0 Å². The SMILES string of the molecule is CCCCC(CC)COC(=O)COC(=O)[C@@H]1CCCC[C@@H]1C(=O)OCc1ccccc1. The lowest BCUT2D eigenvalue weighted by Gasteiger charge is -2.28. The summed E-state index contributed by atoms with van der Waals surface area (Å²) in [7, 11) is 0. The summed E-state index contributed by atoms with van der Waals surface area (Å²) in [6.45, 7) is 4.33. The number of ether oxygens (including phenoxy) is 3. The van der Waals surface area contributed by atoms with Crippen molar-refractivity contribution >= 4 is 17.9 Å². The third-order valence-corrected chi connectivity index (χ3v) is 5.95. The van der Waals surface area contributed by atoms with E-state index in [9.17, 15) is 14.4 Å². The van der Waals surface area contributed by atoms with Gasteiger partial charge in [-0.05, 0) is 30.7 Å². The van der Waals surface area contributed by atoms with Crippen LogP contribution >= 0.6 is 0 Å². The maximum Gasteiger partial charge on any atom is 0.344 e. The van der Waals surface area contributed by atoms with Crippen molar-refractivity contribution in [1.29, 1.82) is 0 Å². The molecule has 0 aromatic heterocycles. The molecule has 1 unspecified atom stereocenters. The highest BCUT2D eigenvalue weighted by Gasteiger charge is 2.38. The predicted octanol–water partition coefficient (Wildman–Crippen LogP) is 4.84. The number of esters is 3. The van der Waals surface area contributed by atoms with E-state index in [1.807, 2.05) is 30.3 Å². The van der Waals surface area contributed by atoms with Crippen molar-refractivity contribution in [3.8, 4) is 0 Å². The first-order chi connectivity index (χ1) is 15.0. The second-order valence-corrected chi connectivity index (χ2v) is 8.30. The molecular weight excluding hydrogens is 396 g/mol.